The molecule has 0 saturated heterocycles. The number of nitrogens with one attached hydrogen (secondary N) is 1. The summed E-state index contributed by atoms with van der Waals surface area (Å²) >= 11 is 1.35. The van der Waals surface area contributed by atoms with Gasteiger partial charge in [0.2, 0.25) is 0 Å². The average Bonchev–Trinajstić information content (AvgIpc) is 2.96. The number of ether oxygens (including phenoxy) is 1. The molecule has 0 saturated carbocycles. The van der Waals surface area contributed by atoms with E-state index in [9.17, 15) is 19.9 Å². The van der Waals surface area contributed by atoms with Gasteiger partial charge in [0.25, 0.3) is 0 Å². The van der Waals surface area contributed by atoms with E-state index < -0.39 is 24.9 Å². The molecule has 0 spiro atoms. The first-order valence-corrected chi connectivity index (χ1v) is 8.84. The quantitative estimate of drug-likeness (QED) is 0.565. The number of aliphatic hydroxyl groups is 1. The van der Waals surface area contributed by atoms with E-state index in [1.54, 1.807) is 26.8 Å². The normalized spacial score (nSPS) is 12.6. The van der Waals surface area contributed by atoms with Crippen molar-refractivity contribution in [2.45, 2.75) is 39.4 Å². The number of aryl methyl sites for hydroxylation is 1. The lowest BCUT2D eigenvalue weighted by Crippen LogP contribution is -2.35. The summed E-state index contributed by atoms with van der Waals surface area (Å²) in [7, 11) is -1.68. The molecule has 1 aromatic heterocycles. The lowest BCUT2D eigenvalue weighted by molar-refractivity contribution is 0.0492. The van der Waals surface area contributed by atoms with Crippen molar-refractivity contribution in [3.8, 4) is 10.6 Å². The first kappa shape index (κ1) is 20.3. The molecule has 140 valence electrons. The zero-order valence-corrected chi connectivity index (χ0v) is 15.9. The van der Waals surface area contributed by atoms with E-state index in [0.29, 0.717) is 16.1 Å². The highest BCUT2D eigenvalue weighted by Crippen LogP contribution is 2.29. The highest BCUT2D eigenvalue weighted by Gasteiger charge is 2.22. The predicted molar refractivity (Wildman–Crippen MR) is 99.1 cm³/mol. The number of carbonyl (C=O) groups is 1. The average molecular weight is 379 g/mol. The van der Waals surface area contributed by atoms with E-state index in [1.165, 1.54) is 23.5 Å². The highest BCUT2D eigenvalue weighted by atomic mass is 32.1. The van der Waals surface area contributed by atoms with Crippen LogP contribution in [0.5, 0.6) is 0 Å². The Morgan fingerprint density at radius 2 is 2.04 bits per heavy atom. The van der Waals surface area contributed by atoms with Crippen molar-refractivity contribution in [1.29, 1.82) is 0 Å². The molecule has 2 aromatic rings. The van der Waals surface area contributed by atoms with Gasteiger partial charge in [-0.25, -0.2) is 4.79 Å². The Balaban J connectivity index is 2.24. The summed E-state index contributed by atoms with van der Waals surface area (Å²) in [4.78, 5) is 11.8. The zero-order valence-electron chi connectivity index (χ0n) is 15.1. The number of hydrogen-bond donors (Lipinski definition) is 4. The van der Waals surface area contributed by atoms with Crippen LogP contribution in [0.15, 0.2) is 18.2 Å². The number of hydrogen-bond acceptors (Lipinski definition) is 8. The van der Waals surface area contributed by atoms with Crippen LogP contribution < -0.4 is 10.8 Å². The van der Waals surface area contributed by atoms with Gasteiger partial charge in [-0.1, -0.05) is 29.5 Å². The molecule has 1 atom stereocenters. The van der Waals surface area contributed by atoms with Crippen LogP contribution >= 0.6 is 11.3 Å². The molecule has 10 heteroatoms. The van der Waals surface area contributed by atoms with Crippen LogP contribution in [0.4, 0.5) is 4.79 Å². The van der Waals surface area contributed by atoms with Crippen molar-refractivity contribution in [3.63, 3.8) is 0 Å². The van der Waals surface area contributed by atoms with Crippen LogP contribution in [0.2, 0.25) is 0 Å². The Morgan fingerprint density at radius 3 is 2.58 bits per heavy atom. The number of aromatic nitrogens is 2. The van der Waals surface area contributed by atoms with Crippen molar-refractivity contribution in [3.05, 3.63) is 28.8 Å². The van der Waals surface area contributed by atoms with E-state index in [0.717, 1.165) is 5.01 Å². The number of amides is 1. The van der Waals surface area contributed by atoms with Crippen LogP contribution in [-0.2, 0) is 4.74 Å². The zero-order chi connectivity index (χ0) is 19.5. The smallest absolute Gasteiger partial charge is 0.444 e. The van der Waals surface area contributed by atoms with E-state index in [-0.39, 0.29) is 12.0 Å². The van der Waals surface area contributed by atoms with Crippen molar-refractivity contribution >= 4 is 30.0 Å². The molecule has 1 aromatic carbocycles. The third-order valence-corrected chi connectivity index (χ3v) is 4.20. The van der Waals surface area contributed by atoms with Crippen molar-refractivity contribution in [1.82, 2.24) is 15.5 Å². The van der Waals surface area contributed by atoms with Gasteiger partial charge in [-0.05, 0) is 38.7 Å². The molecule has 1 unspecified atom stereocenters. The fourth-order valence-corrected chi connectivity index (χ4v) is 2.96. The Hall–Kier alpha value is -2.01. The molecule has 0 bridgehead atoms. The van der Waals surface area contributed by atoms with Gasteiger partial charge in [0, 0.05) is 5.56 Å². The summed E-state index contributed by atoms with van der Waals surface area (Å²) in [6.07, 6.45) is -1.75. The maximum Gasteiger partial charge on any atom is 0.488 e. The molecule has 8 nitrogen and oxygen atoms in total. The van der Waals surface area contributed by atoms with E-state index in [2.05, 4.69) is 15.5 Å². The minimum Gasteiger partial charge on any atom is -0.444 e. The molecule has 4 N–H and O–H groups in total. The van der Waals surface area contributed by atoms with E-state index in [1.807, 2.05) is 6.92 Å². The molecule has 1 heterocycles. The Kier molecular flexibility index (Phi) is 6.35. The molecular weight excluding hydrogens is 357 g/mol. The summed E-state index contributed by atoms with van der Waals surface area (Å²) in [6.45, 7) is 6.93. The predicted octanol–water partition coefficient (Wildman–Crippen LogP) is 0.751. The molecule has 26 heavy (non-hydrogen) atoms. The molecule has 2 rings (SSSR count). The summed E-state index contributed by atoms with van der Waals surface area (Å²) in [5, 5.41) is 41.2. The molecule has 0 aliphatic rings. The number of benzene rings is 1. The monoisotopic (exact) mass is 379 g/mol. The number of rotatable bonds is 5. The van der Waals surface area contributed by atoms with Crippen LogP contribution in [0.1, 0.15) is 37.4 Å². The van der Waals surface area contributed by atoms with Gasteiger partial charge in [-0.3, -0.25) is 0 Å². The lowest BCUT2D eigenvalue weighted by Gasteiger charge is -2.21. The van der Waals surface area contributed by atoms with E-state index in [4.69, 9.17) is 4.74 Å². The summed E-state index contributed by atoms with van der Waals surface area (Å²) in [5.41, 5.74) is 0.591. The van der Waals surface area contributed by atoms with Gasteiger partial charge in [0.1, 0.15) is 15.6 Å². The fourth-order valence-electron chi connectivity index (χ4n) is 2.22. The van der Waals surface area contributed by atoms with Gasteiger partial charge >= 0.3 is 13.2 Å². The van der Waals surface area contributed by atoms with Gasteiger partial charge in [0.15, 0.2) is 0 Å². The second kappa shape index (κ2) is 8.13. The first-order valence-electron chi connectivity index (χ1n) is 8.02. The van der Waals surface area contributed by atoms with Crippen LogP contribution in [0.3, 0.4) is 0 Å². The Labute approximate surface area is 156 Å². The summed E-state index contributed by atoms with van der Waals surface area (Å²) in [5.74, 6) is 0. The van der Waals surface area contributed by atoms with Crippen molar-refractivity contribution in [2.75, 3.05) is 6.54 Å². The number of carbonyl (C=O) groups excluding carboxylic acids is 1. The Morgan fingerprint density at radius 1 is 1.35 bits per heavy atom. The van der Waals surface area contributed by atoms with Crippen LogP contribution in [-0.4, -0.2) is 50.7 Å². The molecule has 0 aliphatic heterocycles. The molecule has 1 amide bonds. The summed E-state index contributed by atoms with van der Waals surface area (Å²) in [6, 6.07) is 4.65. The lowest BCUT2D eigenvalue weighted by atomic mass is 9.78. The third-order valence-electron chi connectivity index (χ3n) is 3.33. The minimum atomic E-state index is -1.68. The Bertz CT molecular complexity index is 775. The standard InChI is InChI=1S/C16H22BN3O5S/c1-9-19-20-14(26-9)11-6-5-10(17(23)24)7-12(11)13(21)8-18-15(22)25-16(2,3)4/h5-7,13,21,23-24H,8H2,1-4H3,(H,18,22). The highest BCUT2D eigenvalue weighted by molar-refractivity contribution is 7.14. The molecule has 0 radical (unpaired) electrons. The van der Waals surface area contributed by atoms with Crippen molar-refractivity contribution < 1.29 is 24.7 Å². The second-order valence-electron chi connectivity index (χ2n) is 6.75. The third kappa shape index (κ3) is 5.50. The van der Waals surface area contributed by atoms with Crippen LogP contribution in [0.25, 0.3) is 10.6 Å². The SMILES string of the molecule is Cc1nnc(-c2ccc(B(O)O)cc2C(O)CNC(=O)OC(C)(C)C)s1. The maximum absolute atomic E-state index is 11.8. The van der Waals surface area contributed by atoms with Crippen LogP contribution in [0, 0.1) is 6.92 Å². The molecular formula is C16H22BN3O5S. The van der Waals surface area contributed by atoms with Gasteiger partial charge in [-0.15, -0.1) is 10.2 Å². The molecule has 0 aliphatic carbocycles. The maximum atomic E-state index is 11.8. The molecule has 0 fully saturated rings. The topological polar surface area (TPSA) is 125 Å². The number of alkyl carbamates (subject to hydrolysis) is 1. The first-order chi connectivity index (χ1) is 12.1. The van der Waals surface area contributed by atoms with Gasteiger partial charge < -0.3 is 25.2 Å². The van der Waals surface area contributed by atoms with Gasteiger partial charge in [0.05, 0.1) is 12.6 Å². The van der Waals surface area contributed by atoms with Gasteiger partial charge in [-0.2, -0.15) is 0 Å². The second-order valence-corrected chi connectivity index (χ2v) is 7.93. The van der Waals surface area contributed by atoms with Crippen molar-refractivity contribution in [2.24, 2.45) is 0 Å². The fraction of sp³-hybridized carbons (Fsp3) is 0.438. The largest absolute Gasteiger partial charge is 0.488 e. The number of aliphatic hydroxyl groups excluding tert-OH is 1. The minimum absolute atomic E-state index is 0.106. The summed E-state index contributed by atoms with van der Waals surface area (Å²) < 4.78 is 5.14. The van der Waals surface area contributed by atoms with E-state index >= 15 is 0 Å². The number of nitrogens with zero attached hydrogens (tertiary/aromatic N) is 2.